The first-order valence-electron chi connectivity index (χ1n) is 6.56. The number of carbonyl (C=O) groups excluding carboxylic acids is 1. The smallest absolute Gasteiger partial charge is 0.321 e. The quantitative estimate of drug-likeness (QED) is 0.927. The summed E-state index contributed by atoms with van der Waals surface area (Å²) in [6, 6.07) is 2.10. The Labute approximate surface area is 121 Å². The number of halogens is 2. The van der Waals surface area contributed by atoms with Crippen LogP contribution in [0.5, 0.6) is 0 Å². The predicted octanol–water partition coefficient (Wildman–Crippen LogP) is 2.01. The van der Waals surface area contributed by atoms with Gasteiger partial charge >= 0.3 is 6.03 Å². The molecule has 2 rings (SSSR count). The minimum Gasteiger partial charge on any atom is -0.321 e. The van der Waals surface area contributed by atoms with E-state index in [1.165, 1.54) is 11.0 Å². The summed E-state index contributed by atoms with van der Waals surface area (Å²) in [6.45, 7) is 1.93. The lowest BCUT2D eigenvalue weighted by Gasteiger charge is -2.27. The first-order valence-corrected chi connectivity index (χ1v) is 8.38. The molecule has 1 aromatic carbocycles. The fourth-order valence-corrected chi connectivity index (χ4v) is 4.12. The molecule has 21 heavy (non-hydrogen) atoms. The van der Waals surface area contributed by atoms with E-state index in [2.05, 4.69) is 5.32 Å². The molecule has 1 atom stereocenters. The number of nitrogens with one attached hydrogen (secondary N) is 1. The molecular formula is C13H16F2N2O3S. The van der Waals surface area contributed by atoms with Crippen molar-refractivity contribution in [1.82, 2.24) is 4.90 Å². The lowest BCUT2D eigenvalue weighted by atomic mass is 10.2. The number of hydrogen-bond acceptors (Lipinski definition) is 3. The minimum absolute atomic E-state index is 0.0233. The molecule has 8 heteroatoms. The third-order valence-corrected chi connectivity index (χ3v) is 5.20. The lowest BCUT2D eigenvalue weighted by molar-refractivity contribution is 0.197. The normalized spacial score (nSPS) is 20.2. The van der Waals surface area contributed by atoms with Gasteiger partial charge in [-0.15, -0.1) is 0 Å². The number of amides is 2. The molecular weight excluding hydrogens is 302 g/mol. The number of nitrogens with zero attached hydrogens (tertiary/aromatic N) is 1. The molecule has 2 amide bonds. The molecule has 1 aromatic rings. The lowest BCUT2D eigenvalue weighted by Crippen LogP contribution is -2.43. The number of anilines is 1. The molecule has 116 valence electrons. The number of para-hydroxylation sites is 1. The molecule has 1 heterocycles. The Morgan fingerprint density at radius 3 is 2.48 bits per heavy atom. The van der Waals surface area contributed by atoms with Gasteiger partial charge in [-0.25, -0.2) is 22.0 Å². The number of carbonyl (C=O) groups is 1. The highest BCUT2D eigenvalue weighted by Crippen LogP contribution is 2.21. The van der Waals surface area contributed by atoms with Crippen molar-refractivity contribution in [3.63, 3.8) is 0 Å². The third-order valence-electron chi connectivity index (χ3n) is 3.45. The van der Waals surface area contributed by atoms with Crippen molar-refractivity contribution in [2.75, 3.05) is 23.4 Å². The van der Waals surface area contributed by atoms with Crippen LogP contribution in [-0.4, -0.2) is 43.4 Å². The summed E-state index contributed by atoms with van der Waals surface area (Å²) in [5, 5.41) is 2.18. The van der Waals surface area contributed by atoms with Crippen LogP contribution >= 0.6 is 0 Å². The van der Waals surface area contributed by atoms with Crippen LogP contribution in [0, 0.1) is 11.6 Å². The number of hydrogen-bond donors (Lipinski definition) is 1. The molecule has 1 saturated heterocycles. The fourth-order valence-electron chi connectivity index (χ4n) is 2.38. The molecule has 0 bridgehead atoms. The van der Waals surface area contributed by atoms with E-state index in [9.17, 15) is 22.0 Å². The molecule has 0 saturated carbocycles. The Morgan fingerprint density at radius 1 is 1.38 bits per heavy atom. The van der Waals surface area contributed by atoms with Crippen LogP contribution in [0.2, 0.25) is 0 Å². The summed E-state index contributed by atoms with van der Waals surface area (Å²) < 4.78 is 50.0. The maximum atomic E-state index is 13.5. The van der Waals surface area contributed by atoms with Gasteiger partial charge in [-0.05, 0) is 25.5 Å². The first kappa shape index (κ1) is 15.7. The number of sulfone groups is 1. The van der Waals surface area contributed by atoms with Crippen molar-refractivity contribution in [2.45, 2.75) is 19.4 Å². The van der Waals surface area contributed by atoms with E-state index in [-0.39, 0.29) is 18.1 Å². The minimum atomic E-state index is -3.14. The van der Waals surface area contributed by atoms with Crippen molar-refractivity contribution in [1.29, 1.82) is 0 Å². The molecule has 1 fully saturated rings. The van der Waals surface area contributed by atoms with Crippen molar-refractivity contribution in [3.8, 4) is 0 Å². The molecule has 1 unspecified atom stereocenters. The Bertz CT molecular complexity index is 629. The van der Waals surface area contributed by atoms with Crippen LogP contribution in [0.4, 0.5) is 19.3 Å². The van der Waals surface area contributed by atoms with Gasteiger partial charge in [-0.1, -0.05) is 6.07 Å². The molecule has 1 aliphatic rings. The highest BCUT2D eigenvalue weighted by Gasteiger charge is 2.34. The van der Waals surface area contributed by atoms with Gasteiger partial charge in [-0.2, -0.15) is 0 Å². The monoisotopic (exact) mass is 318 g/mol. The first-order chi connectivity index (χ1) is 9.84. The van der Waals surface area contributed by atoms with E-state index < -0.39 is 39.2 Å². The highest BCUT2D eigenvalue weighted by molar-refractivity contribution is 7.91. The number of benzene rings is 1. The average molecular weight is 318 g/mol. The largest absolute Gasteiger partial charge is 0.322 e. The van der Waals surface area contributed by atoms with Gasteiger partial charge in [-0.3, -0.25) is 0 Å². The zero-order valence-electron chi connectivity index (χ0n) is 11.5. The van der Waals surface area contributed by atoms with Gasteiger partial charge in [0.25, 0.3) is 0 Å². The topological polar surface area (TPSA) is 66.5 Å². The van der Waals surface area contributed by atoms with E-state index in [1.807, 2.05) is 0 Å². The Balaban J connectivity index is 2.15. The van der Waals surface area contributed by atoms with Crippen molar-refractivity contribution < 1.29 is 22.0 Å². The summed E-state index contributed by atoms with van der Waals surface area (Å²) in [7, 11) is -3.14. The van der Waals surface area contributed by atoms with Gasteiger partial charge in [0.1, 0.15) is 17.3 Å². The molecule has 0 aromatic heterocycles. The second-order valence-electron chi connectivity index (χ2n) is 4.87. The van der Waals surface area contributed by atoms with Gasteiger partial charge in [0, 0.05) is 12.6 Å². The van der Waals surface area contributed by atoms with Crippen molar-refractivity contribution in [2.24, 2.45) is 0 Å². The molecule has 0 spiro atoms. The number of urea groups is 1. The van der Waals surface area contributed by atoms with Gasteiger partial charge in [0.05, 0.1) is 11.5 Å². The molecule has 5 nitrogen and oxygen atoms in total. The Hall–Kier alpha value is -1.70. The van der Waals surface area contributed by atoms with Crippen LogP contribution in [0.15, 0.2) is 18.2 Å². The van der Waals surface area contributed by atoms with E-state index >= 15 is 0 Å². The summed E-state index contributed by atoms with van der Waals surface area (Å²) in [5.41, 5.74) is -0.526. The maximum absolute atomic E-state index is 13.5. The molecule has 1 N–H and O–H groups in total. The Kier molecular flexibility index (Phi) is 4.46. The standard InChI is InChI=1S/C13H16F2N2O3S/c1-2-17(9-6-7-21(19,20)8-9)13(18)16-12-10(14)4-3-5-11(12)15/h3-5,9H,2,6-8H2,1H3,(H,16,18). The van der Waals surface area contributed by atoms with Gasteiger partial charge in [0.15, 0.2) is 9.84 Å². The van der Waals surface area contributed by atoms with Crippen LogP contribution in [0.25, 0.3) is 0 Å². The summed E-state index contributed by atoms with van der Waals surface area (Å²) in [6.07, 6.45) is 0.337. The third kappa shape index (κ3) is 3.49. The zero-order chi connectivity index (χ0) is 15.6. The summed E-state index contributed by atoms with van der Waals surface area (Å²) >= 11 is 0. The van der Waals surface area contributed by atoms with Crippen LogP contribution in [0.1, 0.15) is 13.3 Å². The van der Waals surface area contributed by atoms with Crippen LogP contribution < -0.4 is 5.32 Å². The fraction of sp³-hybridized carbons (Fsp3) is 0.462. The summed E-state index contributed by atoms with van der Waals surface area (Å²) in [5.74, 6) is -1.85. The SMILES string of the molecule is CCN(C(=O)Nc1c(F)cccc1F)C1CCS(=O)(=O)C1. The Morgan fingerprint density at radius 2 is 2.00 bits per heavy atom. The average Bonchev–Trinajstić information content (AvgIpc) is 2.75. The highest BCUT2D eigenvalue weighted by atomic mass is 32.2. The van der Waals surface area contributed by atoms with E-state index in [0.29, 0.717) is 6.42 Å². The van der Waals surface area contributed by atoms with Crippen LogP contribution in [-0.2, 0) is 9.84 Å². The van der Waals surface area contributed by atoms with E-state index in [0.717, 1.165) is 12.1 Å². The molecule has 0 radical (unpaired) electrons. The second-order valence-corrected chi connectivity index (χ2v) is 7.10. The van der Waals surface area contributed by atoms with E-state index in [4.69, 9.17) is 0 Å². The second kappa shape index (κ2) is 5.97. The zero-order valence-corrected chi connectivity index (χ0v) is 12.3. The van der Waals surface area contributed by atoms with Gasteiger partial charge < -0.3 is 10.2 Å². The van der Waals surface area contributed by atoms with Crippen LogP contribution in [0.3, 0.4) is 0 Å². The number of rotatable bonds is 3. The van der Waals surface area contributed by atoms with Crippen molar-refractivity contribution in [3.05, 3.63) is 29.8 Å². The molecule has 0 aliphatic carbocycles. The predicted molar refractivity (Wildman–Crippen MR) is 74.8 cm³/mol. The maximum Gasteiger partial charge on any atom is 0.322 e. The van der Waals surface area contributed by atoms with E-state index in [1.54, 1.807) is 6.92 Å². The summed E-state index contributed by atoms with van der Waals surface area (Å²) in [4.78, 5) is 13.4. The van der Waals surface area contributed by atoms with Gasteiger partial charge in [0.2, 0.25) is 0 Å². The molecule has 1 aliphatic heterocycles. The van der Waals surface area contributed by atoms with Crippen molar-refractivity contribution >= 4 is 21.6 Å².